The van der Waals surface area contributed by atoms with Gasteiger partial charge in [-0.1, -0.05) is 11.6 Å². The maximum Gasteiger partial charge on any atom is 0.417 e. The predicted octanol–water partition coefficient (Wildman–Crippen LogP) is 2.35. The Morgan fingerprint density at radius 2 is 1.95 bits per heavy atom. The van der Waals surface area contributed by atoms with Crippen LogP contribution in [-0.4, -0.2) is 18.0 Å². The van der Waals surface area contributed by atoms with Crippen LogP contribution in [-0.2, 0) is 11.0 Å². The van der Waals surface area contributed by atoms with Crippen molar-refractivity contribution in [3.63, 3.8) is 0 Å². The average molecular weight is 310 g/mol. The minimum atomic E-state index is -4.60. The van der Waals surface area contributed by atoms with Gasteiger partial charge in [-0.05, 0) is 25.1 Å². The van der Waals surface area contributed by atoms with Gasteiger partial charge in [0, 0.05) is 5.69 Å². The Hall–Kier alpha value is -1.96. The summed E-state index contributed by atoms with van der Waals surface area (Å²) in [6, 6.07) is 1.12. The number of hydrogen-bond acceptors (Lipinski definition) is 3. The van der Waals surface area contributed by atoms with Crippen LogP contribution >= 0.6 is 11.6 Å². The summed E-state index contributed by atoms with van der Waals surface area (Å²) in [5, 5.41) is 3.87. The fourth-order valence-electron chi connectivity index (χ4n) is 1.38. The third-order valence-electron chi connectivity index (χ3n) is 2.29. The molecule has 1 atom stereocenters. The van der Waals surface area contributed by atoms with Gasteiger partial charge in [0.25, 0.3) is 0 Å². The van der Waals surface area contributed by atoms with Gasteiger partial charge in [-0.2, -0.15) is 13.2 Å². The number of alkyl halides is 3. The maximum absolute atomic E-state index is 12.6. The van der Waals surface area contributed by atoms with Crippen molar-refractivity contribution in [3.8, 4) is 0 Å². The molecule has 9 heteroatoms. The summed E-state index contributed by atoms with van der Waals surface area (Å²) >= 11 is 5.46. The number of benzene rings is 1. The van der Waals surface area contributed by atoms with E-state index in [1.54, 1.807) is 0 Å². The standard InChI is InChI=1S/C11H11ClF3N3O2/c1-5(9(19)18-10(16)20)17-6-2-3-8(12)7(4-6)11(13,14)15/h2-5,17H,1H3,(H3,16,18,19,20). The van der Waals surface area contributed by atoms with Gasteiger partial charge in [0.15, 0.2) is 0 Å². The van der Waals surface area contributed by atoms with Gasteiger partial charge in [0.1, 0.15) is 6.04 Å². The second-order valence-electron chi connectivity index (χ2n) is 3.91. The van der Waals surface area contributed by atoms with Crippen LogP contribution in [0.2, 0.25) is 5.02 Å². The van der Waals surface area contributed by atoms with Gasteiger partial charge in [0.2, 0.25) is 5.91 Å². The zero-order chi connectivity index (χ0) is 15.5. The summed E-state index contributed by atoms with van der Waals surface area (Å²) < 4.78 is 37.9. The summed E-state index contributed by atoms with van der Waals surface area (Å²) in [5.41, 5.74) is 3.78. The number of hydrogen-bond donors (Lipinski definition) is 3. The molecule has 0 aliphatic rings. The number of carbonyl (C=O) groups is 2. The van der Waals surface area contributed by atoms with Gasteiger partial charge < -0.3 is 11.1 Å². The summed E-state index contributed by atoms with van der Waals surface area (Å²) in [4.78, 5) is 21.9. The molecule has 3 amide bonds. The molecule has 0 bridgehead atoms. The van der Waals surface area contributed by atoms with E-state index in [4.69, 9.17) is 17.3 Å². The number of rotatable bonds is 3. The van der Waals surface area contributed by atoms with Crippen LogP contribution < -0.4 is 16.4 Å². The predicted molar refractivity (Wildman–Crippen MR) is 67.3 cm³/mol. The molecule has 0 aliphatic carbocycles. The van der Waals surface area contributed by atoms with Crippen LogP contribution in [0.1, 0.15) is 12.5 Å². The number of nitrogens with one attached hydrogen (secondary N) is 2. The number of imide groups is 1. The lowest BCUT2D eigenvalue weighted by atomic mass is 10.1. The molecule has 1 unspecified atom stereocenters. The van der Waals surface area contributed by atoms with Crippen molar-refractivity contribution in [2.24, 2.45) is 5.73 Å². The first-order valence-electron chi connectivity index (χ1n) is 5.35. The summed E-state index contributed by atoms with van der Waals surface area (Å²) in [6.45, 7) is 1.36. The quantitative estimate of drug-likeness (QED) is 0.801. The van der Waals surface area contributed by atoms with Gasteiger partial charge in [-0.25, -0.2) is 4.79 Å². The number of carbonyl (C=O) groups excluding carboxylic acids is 2. The molecule has 0 aliphatic heterocycles. The molecule has 0 saturated heterocycles. The van der Waals surface area contributed by atoms with Crippen molar-refractivity contribution in [3.05, 3.63) is 28.8 Å². The fourth-order valence-corrected chi connectivity index (χ4v) is 1.60. The van der Waals surface area contributed by atoms with Gasteiger partial charge in [0.05, 0.1) is 10.6 Å². The molecular formula is C11H11ClF3N3O2. The molecule has 110 valence electrons. The lowest BCUT2D eigenvalue weighted by Gasteiger charge is -2.16. The first-order chi connectivity index (χ1) is 9.11. The molecule has 4 N–H and O–H groups in total. The molecule has 20 heavy (non-hydrogen) atoms. The maximum atomic E-state index is 12.6. The van der Waals surface area contributed by atoms with Crippen LogP contribution in [0.3, 0.4) is 0 Å². The van der Waals surface area contributed by atoms with Crippen molar-refractivity contribution in [1.29, 1.82) is 0 Å². The second-order valence-corrected chi connectivity index (χ2v) is 4.32. The number of urea groups is 1. The molecule has 0 radical (unpaired) electrons. The van der Waals surface area contributed by atoms with E-state index in [-0.39, 0.29) is 5.69 Å². The molecule has 5 nitrogen and oxygen atoms in total. The van der Waals surface area contributed by atoms with Crippen molar-refractivity contribution in [2.45, 2.75) is 19.1 Å². The molecule has 0 spiro atoms. The molecule has 1 aromatic carbocycles. The van der Waals surface area contributed by atoms with Crippen LogP contribution in [0.5, 0.6) is 0 Å². The highest BCUT2D eigenvalue weighted by Gasteiger charge is 2.33. The highest BCUT2D eigenvalue weighted by molar-refractivity contribution is 6.31. The van der Waals surface area contributed by atoms with E-state index in [1.807, 2.05) is 5.32 Å². The van der Waals surface area contributed by atoms with E-state index in [1.165, 1.54) is 13.0 Å². The van der Waals surface area contributed by atoms with Crippen molar-refractivity contribution < 1.29 is 22.8 Å². The van der Waals surface area contributed by atoms with Crippen molar-refractivity contribution in [2.75, 3.05) is 5.32 Å². The molecule has 1 rings (SSSR count). The monoisotopic (exact) mass is 309 g/mol. The average Bonchev–Trinajstić information content (AvgIpc) is 2.29. The Morgan fingerprint density at radius 3 is 2.45 bits per heavy atom. The summed E-state index contributed by atoms with van der Waals surface area (Å²) in [7, 11) is 0. The first kappa shape index (κ1) is 16.1. The normalized spacial score (nSPS) is 12.7. The van der Waals surface area contributed by atoms with E-state index in [2.05, 4.69) is 5.32 Å². The van der Waals surface area contributed by atoms with E-state index in [0.717, 1.165) is 12.1 Å². The number of nitrogens with two attached hydrogens (primary N) is 1. The Kier molecular flexibility index (Phi) is 4.83. The number of halogens is 4. The Morgan fingerprint density at radius 1 is 1.35 bits per heavy atom. The molecule has 0 saturated carbocycles. The minimum Gasteiger partial charge on any atom is -0.374 e. The molecule has 0 heterocycles. The third-order valence-corrected chi connectivity index (χ3v) is 2.62. The van der Waals surface area contributed by atoms with E-state index < -0.39 is 34.7 Å². The topological polar surface area (TPSA) is 84.2 Å². The Bertz CT molecular complexity index is 534. The molecular weight excluding hydrogens is 299 g/mol. The van der Waals surface area contributed by atoms with Crippen molar-refractivity contribution >= 4 is 29.2 Å². The molecule has 1 aromatic rings. The van der Waals surface area contributed by atoms with Gasteiger partial charge in [-0.3, -0.25) is 10.1 Å². The largest absolute Gasteiger partial charge is 0.417 e. The lowest BCUT2D eigenvalue weighted by Crippen LogP contribution is -2.43. The Labute approximate surface area is 117 Å². The zero-order valence-electron chi connectivity index (χ0n) is 10.2. The number of primary amides is 1. The van der Waals surface area contributed by atoms with Gasteiger partial charge in [-0.15, -0.1) is 0 Å². The highest BCUT2D eigenvalue weighted by atomic mass is 35.5. The first-order valence-corrected chi connectivity index (χ1v) is 5.72. The lowest BCUT2D eigenvalue weighted by molar-refractivity contribution is -0.137. The Balaban J connectivity index is 2.89. The van der Waals surface area contributed by atoms with Crippen LogP contribution in [0.4, 0.5) is 23.7 Å². The number of anilines is 1. The SMILES string of the molecule is CC(Nc1ccc(Cl)c(C(F)(F)F)c1)C(=O)NC(N)=O. The molecule has 0 aromatic heterocycles. The number of amides is 3. The summed E-state index contributed by atoms with van der Waals surface area (Å²) in [5.74, 6) is -0.763. The fraction of sp³-hybridized carbons (Fsp3) is 0.273. The highest BCUT2D eigenvalue weighted by Crippen LogP contribution is 2.36. The summed E-state index contributed by atoms with van der Waals surface area (Å²) in [6.07, 6.45) is -4.60. The van der Waals surface area contributed by atoms with Crippen molar-refractivity contribution in [1.82, 2.24) is 5.32 Å². The van der Waals surface area contributed by atoms with E-state index in [0.29, 0.717) is 0 Å². The van der Waals surface area contributed by atoms with E-state index >= 15 is 0 Å². The zero-order valence-corrected chi connectivity index (χ0v) is 11.0. The third kappa shape index (κ3) is 4.30. The van der Waals surface area contributed by atoms with Crippen LogP contribution in [0.25, 0.3) is 0 Å². The molecule has 0 fully saturated rings. The van der Waals surface area contributed by atoms with E-state index in [9.17, 15) is 22.8 Å². The smallest absolute Gasteiger partial charge is 0.374 e. The van der Waals surface area contributed by atoms with Crippen LogP contribution in [0, 0.1) is 0 Å². The minimum absolute atomic E-state index is 0.0360. The second kappa shape index (κ2) is 6.00. The van der Waals surface area contributed by atoms with Crippen LogP contribution in [0.15, 0.2) is 18.2 Å². The van der Waals surface area contributed by atoms with Gasteiger partial charge >= 0.3 is 12.2 Å².